The third-order valence-corrected chi connectivity index (χ3v) is 1.84. The first-order valence-electron chi connectivity index (χ1n) is 3.57. The molecule has 1 saturated carbocycles. The van der Waals surface area contributed by atoms with Crippen LogP contribution in [0, 0.1) is 5.92 Å². The maximum Gasteiger partial charge on any atom is 0.0352 e. The highest BCUT2D eigenvalue weighted by atomic mass is 14.6. The highest BCUT2D eigenvalue weighted by Gasteiger charge is 2.25. The first-order chi connectivity index (χ1) is 4.88. The molecule has 51 valence electrons. The van der Waals surface area contributed by atoms with Gasteiger partial charge in [-0.15, -0.1) is 0 Å². The summed E-state index contributed by atoms with van der Waals surface area (Å²) in [5.41, 5.74) is 7.93. The number of rotatable bonds is 1. The molecule has 0 unspecified atom stereocenters. The second-order valence-electron chi connectivity index (χ2n) is 2.69. The normalized spacial score (nSPS) is 17.2. The molecule has 1 aromatic carbocycles. The van der Waals surface area contributed by atoms with Gasteiger partial charge in [-0.25, -0.2) is 0 Å². The molecular weight excluding hydrogens is 122 g/mol. The molecule has 1 aromatic rings. The van der Waals surface area contributed by atoms with Crippen LogP contribution in [0.2, 0.25) is 0 Å². The Morgan fingerprint density at radius 2 is 1.80 bits per heavy atom. The fourth-order valence-electron chi connectivity index (χ4n) is 1.15. The van der Waals surface area contributed by atoms with E-state index in [4.69, 9.17) is 5.73 Å². The van der Waals surface area contributed by atoms with E-state index in [-0.39, 0.29) is 0 Å². The molecule has 0 amide bonds. The van der Waals surface area contributed by atoms with E-state index >= 15 is 0 Å². The van der Waals surface area contributed by atoms with Gasteiger partial charge >= 0.3 is 0 Å². The maximum absolute atomic E-state index is 5.74. The topological polar surface area (TPSA) is 26.0 Å². The molecule has 1 nitrogen and oxygen atoms in total. The van der Waals surface area contributed by atoms with Crippen LogP contribution in [-0.2, 0) is 0 Å². The zero-order valence-corrected chi connectivity index (χ0v) is 5.80. The highest BCUT2D eigenvalue weighted by Crippen LogP contribution is 2.41. The Kier molecular flexibility index (Phi) is 1.16. The van der Waals surface area contributed by atoms with Crippen molar-refractivity contribution in [2.45, 2.75) is 12.8 Å². The summed E-state index contributed by atoms with van der Waals surface area (Å²) in [6, 6.07) is 8.07. The first-order valence-corrected chi connectivity index (χ1v) is 3.57. The largest absolute Gasteiger partial charge is 0.398 e. The van der Waals surface area contributed by atoms with Crippen LogP contribution < -0.4 is 5.73 Å². The molecule has 0 saturated heterocycles. The van der Waals surface area contributed by atoms with Gasteiger partial charge in [0, 0.05) is 11.6 Å². The lowest BCUT2D eigenvalue weighted by atomic mass is 10.1. The molecule has 1 aliphatic carbocycles. The number of benzene rings is 1. The lowest BCUT2D eigenvalue weighted by molar-refractivity contribution is 1.41. The van der Waals surface area contributed by atoms with Gasteiger partial charge in [-0.1, -0.05) is 18.2 Å². The number of para-hydroxylation sites is 1. The van der Waals surface area contributed by atoms with Gasteiger partial charge in [0.05, 0.1) is 0 Å². The van der Waals surface area contributed by atoms with Crippen molar-refractivity contribution >= 4 is 5.69 Å². The van der Waals surface area contributed by atoms with Crippen molar-refractivity contribution in [3.8, 4) is 0 Å². The molecule has 0 atom stereocenters. The Bertz CT molecular complexity index is 238. The van der Waals surface area contributed by atoms with Crippen LogP contribution in [0.4, 0.5) is 5.69 Å². The monoisotopic (exact) mass is 132 g/mol. The number of nitrogen functional groups attached to an aromatic ring is 1. The minimum atomic E-state index is 0.926. The Morgan fingerprint density at radius 3 is 2.40 bits per heavy atom. The average Bonchev–Trinajstić information content (AvgIpc) is 2.71. The summed E-state index contributed by atoms with van der Waals surface area (Å²) in [5, 5.41) is 0. The fraction of sp³-hybridized carbons (Fsp3) is 0.222. The summed E-state index contributed by atoms with van der Waals surface area (Å²) in [7, 11) is 0. The van der Waals surface area contributed by atoms with E-state index in [9.17, 15) is 0 Å². The summed E-state index contributed by atoms with van der Waals surface area (Å²) in [6.07, 6.45) is 2.49. The predicted molar refractivity (Wildman–Crippen MR) is 42.4 cm³/mol. The van der Waals surface area contributed by atoms with Crippen molar-refractivity contribution in [1.82, 2.24) is 0 Å². The predicted octanol–water partition coefficient (Wildman–Crippen LogP) is 1.99. The van der Waals surface area contributed by atoms with E-state index in [1.54, 1.807) is 0 Å². The van der Waals surface area contributed by atoms with Crippen molar-refractivity contribution in [3.63, 3.8) is 0 Å². The van der Waals surface area contributed by atoms with E-state index in [1.165, 1.54) is 24.3 Å². The molecule has 1 aliphatic rings. The van der Waals surface area contributed by atoms with Gasteiger partial charge in [0.1, 0.15) is 0 Å². The van der Waals surface area contributed by atoms with Crippen LogP contribution in [0.3, 0.4) is 0 Å². The molecule has 0 heterocycles. The molecule has 0 aromatic heterocycles. The van der Waals surface area contributed by atoms with E-state index in [2.05, 4.69) is 6.07 Å². The first kappa shape index (κ1) is 5.78. The quantitative estimate of drug-likeness (QED) is 0.581. The third-order valence-electron chi connectivity index (χ3n) is 1.84. The summed E-state index contributed by atoms with van der Waals surface area (Å²) in [4.78, 5) is 0. The SMILES string of the molecule is Nc1ccccc1[C]1CC1. The second kappa shape index (κ2) is 2.01. The maximum atomic E-state index is 5.74. The summed E-state index contributed by atoms with van der Waals surface area (Å²) in [5.74, 6) is 1.51. The van der Waals surface area contributed by atoms with Crippen LogP contribution in [0.15, 0.2) is 24.3 Å². The number of nitrogens with two attached hydrogens (primary N) is 1. The molecule has 1 heteroatoms. The molecule has 10 heavy (non-hydrogen) atoms. The van der Waals surface area contributed by atoms with Gasteiger partial charge in [-0.05, 0) is 24.5 Å². The van der Waals surface area contributed by atoms with Gasteiger partial charge in [-0.3, -0.25) is 0 Å². The van der Waals surface area contributed by atoms with Gasteiger partial charge in [0.25, 0.3) is 0 Å². The lowest BCUT2D eigenvalue weighted by Gasteiger charge is -1.99. The second-order valence-corrected chi connectivity index (χ2v) is 2.69. The van der Waals surface area contributed by atoms with E-state index < -0.39 is 0 Å². The van der Waals surface area contributed by atoms with Crippen molar-refractivity contribution < 1.29 is 0 Å². The number of hydrogen-bond acceptors (Lipinski definition) is 1. The van der Waals surface area contributed by atoms with Crippen molar-refractivity contribution in [2.75, 3.05) is 5.73 Å². The van der Waals surface area contributed by atoms with E-state index in [0.717, 1.165) is 5.69 Å². The lowest BCUT2D eigenvalue weighted by Crippen LogP contribution is -1.90. The Hall–Kier alpha value is -0.980. The van der Waals surface area contributed by atoms with Crippen molar-refractivity contribution in [2.24, 2.45) is 0 Å². The molecular formula is C9H10N. The Balaban J connectivity index is 2.39. The van der Waals surface area contributed by atoms with Crippen molar-refractivity contribution in [3.05, 3.63) is 35.7 Å². The minimum absolute atomic E-state index is 0.926. The Labute approximate surface area is 60.9 Å². The molecule has 1 fully saturated rings. The smallest absolute Gasteiger partial charge is 0.0352 e. The zero-order chi connectivity index (χ0) is 6.97. The van der Waals surface area contributed by atoms with Crippen molar-refractivity contribution in [1.29, 1.82) is 0 Å². The molecule has 0 aliphatic heterocycles. The fourth-order valence-corrected chi connectivity index (χ4v) is 1.15. The number of anilines is 1. The standard InChI is InChI=1S/C9H10N/c10-9-4-2-1-3-8(9)7-5-6-7/h1-4H,5-6,10H2. The van der Waals surface area contributed by atoms with Gasteiger partial charge in [-0.2, -0.15) is 0 Å². The third kappa shape index (κ3) is 0.878. The van der Waals surface area contributed by atoms with Crippen LogP contribution in [-0.4, -0.2) is 0 Å². The minimum Gasteiger partial charge on any atom is -0.398 e. The molecule has 2 rings (SSSR count). The van der Waals surface area contributed by atoms with E-state index in [1.807, 2.05) is 18.2 Å². The molecule has 0 spiro atoms. The summed E-state index contributed by atoms with van der Waals surface area (Å²) in [6.45, 7) is 0. The zero-order valence-electron chi connectivity index (χ0n) is 5.80. The van der Waals surface area contributed by atoms with Crippen LogP contribution >= 0.6 is 0 Å². The van der Waals surface area contributed by atoms with E-state index in [0.29, 0.717) is 0 Å². The average molecular weight is 132 g/mol. The molecule has 0 bridgehead atoms. The molecule has 2 N–H and O–H groups in total. The van der Waals surface area contributed by atoms with Gasteiger partial charge in [0.2, 0.25) is 0 Å². The summed E-state index contributed by atoms with van der Waals surface area (Å²) < 4.78 is 0. The van der Waals surface area contributed by atoms with Gasteiger partial charge < -0.3 is 5.73 Å². The summed E-state index contributed by atoms with van der Waals surface area (Å²) >= 11 is 0. The molecule has 1 radical (unpaired) electrons. The van der Waals surface area contributed by atoms with Gasteiger partial charge in [0.15, 0.2) is 0 Å². The van der Waals surface area contributed by atoms with Crippen LogP contribution in [0.5, 0.6) is 0 Å². The Morgan fingerprint density at radius 1 is 1.10 bits per heavy atom. The van der Waals surface area contributed by atoms with Crippen LogP contribution in [0.1, 0.15) is 18.4 Å². The van der Waals surface area contributed by atoms with Crippen LogP contribution in [0.25, 0.3) is 0 Å². The highest BCUT2D eigenvalue weighted by molar-refractivity contribution is 5.56. The number of hydrogen-bond donors (Lipinski definition) is 1.